The molecule has 1 saturated carbocycles. The second kappa shape index (κ2) is 5.08. The first-order valence-electron chi connectivity index (χ1n) is 7.06. The molecule has 0 aromatic heterocycles. The summed E-state index contributed by atoms with van der Waals surface area (Å²) in [6.45, 7) is 5.67. The number of amides is 1. The molecular weight excluding hydrogens is 230 g/mol. The quantitative estimate of drug-likeness (QED) is 0.771. The fourth-order valence-corrected chi connectivity index (χ4v) is 3.09. The van der Waals surface area contributed by atoms with Gasteiger partial charge in [-0.3, -0.25) is 4.90 Å². The largest absolute Gasteiger partial charge is 0.444 e. The highest BCUT2D eigenvalue weighted by Crippen LogP contribution is 2.42. The Kier molecular flexibility index (Phi) is 3.85. The van der Waals surface area contributed by atoms with Crippen LogP contribution in [0.5, 0.6) is 0 Å². The van der Waals surface area contributed by atoms with Gasteiger partial charge in [0.1, 0.15) is 5.60 Å². The summed E-state index contributed by atoms with van der Waals surface area (Å²) in [5.41, 5.74) is -0.462. The van der Waals surface area contributed by atoms with E-state index in [1.807, 2.05) is 20.8 Å². The van der Waals surface area contributed by atoms with Crippen LogP contribution in [0, 0.1) is 5.92 Å². The van der Waals surface area contributed by atoms with Gasteiger partial charge in [-0.2, -0.15) is 0 Å². The van der Waals surface area contributed by atoms with E-state index in [4.69, 9.17) is 4.74 Å². The summed E-state index contributed by atoms with van der Waals surface area (Å²) in [7, 11) is 0. The minimum absolute atomic E-state index is 0.0112. The van der Waals surface area contributed by atoms with Gasteiger partial charge in [0.25, 0.3) is 0 Å². The van der Waals surface area contributed by atoms with Crippen LogP contribution in [0.1, 0.15) is 52.9 Å². The lowest BCUT2D eigenvalue weighted by Gasteiger charge is -2.23. The average molecular weight is 255 g/mol. The van der Waals surface area contributed by atoms with Crippen LogP contribution in [-0.4, -0.2) is 40.4 Å². The Morgan fingerprint density at radius 1 is 1.28 bits per heavy atom. The number of aliphatic hydroxyl groups excluding tert-OH is 1. The maximum Gasteiger partial charge on any atom is 0.411 e. The van der Waals surface area contributed by atoms with Crippen LogP contribution < -0.4 is 0 Å². The van der Waals surface area contributed by atoms with E-state index in [0.29, 0.717) is 5.92 Å². The third kappa shape index (κ3) is 2.97. The molecule has 18 heavy (non-hydrogen) atoms. The zero-order valence-corrected chi connectivity index (χ0v) is 11.7. The van der Waals surface area contributed by atoms with E-state index in [0.717, 1.165) is 0 Å². The second-order valence-electron chi connectivity index (χ2n) is 6.53. The summed E-state index contributed by atoms with van der Waals surface area (Å²) in [6, 6.07) is 0.202. The monoisotopic (exact) mass is 255 g/mol. The number of nitrogens with zero attached hydrogens (tertiary/aromatic N) is 1. The molecule has 1 aliphatic carbocycles. The first-order chi connectivity index (χ1) is 8.44. The van der Waals surface area contributed by atoms with Crippen LogP contribution in [0.2, 0.25) is 0 Å². The minimum Gasteiger partial charge on any atom is -0.444 e. The molecule has 104 valence electrons. The molecule has 2 rings (SSSR count). The number of hydrogen-bond acceptors (Lipinski definition) is 3. The van der Waals surface area contributed by atoms with Crippen molar-refractivity contribution in [3.8, 4) is 0 Å². The fourth-order valence-electron chi connectivity index (χ4n) is 3.09. The van der Waals surface area contributed by atoms with Crippen LogP contribution in [0.3, 0.4) is 0 Å². The minimum atomic E-state index is -0.462. The molecule has 1 heterocycles. The molecule has 1 aliphatic heterocycles. The lowest BCUT2D eigenvalue weighted by atomic mass is 9.86. The first-order valence-corrected chi connectivity index (χ1v) is 7.06. The molecule has 0 bridgehead atoms. The van der Waals surface area contributed by atoms with Crippen molar-refractivity contribution in [2.24, 2.45) is 5.92 Å². The zero-order chi connectivity index (χ0) is 13.3. The van der Waals surface area contributed by atoms with Crippen molar-refractivity contribution < 1.29 is 14.6 Å². The molecule has 2 atom stereocenters. The average Bonchev–Trinajstić information content (AvgIpc) is 3.02. The summed E-state index contributed by atoms with van der Waals surface area (Å²) in [4.78, 5) is 13.8. The molecule has 2 aliphatic rings. The number of ether oxygens (including phenoxy) is 1. The normalized spacial score (nSPS) is 29.2. The lowest BCUT2D eigenvalue weighted by molar-refractivity contribution is 0.0370. The van der Waals surface area contributed by atoms with Crippen molar-refractivity contribution in [2.75, 3.05) is 6.61 Å². The molecule has 0 aromatic carbocycles. The Morgan fingerprint density at radius 3 is 2.39 bits per heavy atom. The van der Waals surface area contributed by atoms with Gasteiger partial charge in [0.05, 0.1) is 18.7 Å². The highest BCUT2D eigenvalue weighted by molar-refractivity contribution is 5.72. The van der Waals surface area contributed by atoms with Crippen molar-refractivity contribution in [3.63, 3.8) is 0 Å². The highest BCUT2D eigenvalue weighted by Gasteiger charge is 2.55. The SMILES string of the molecule is CC(C)(C)OC(=O)N1[C@H](C2CCCCC2)[C@@H]1CO. The molecule has 4 heteroatoms. The Bertz CT molecular complexity index is 305. The number of hydrogen-bond donors (Lipinski definition) is 1. The predicted octanol–water partition coefficient (Wildman–Crippen LogP) is 2.55. The Labute approximate surface area is 109 Å². The summed E-state index contributed by atoms with van der Waals surface area (Å²) >= 11 is 0. The van der Waals surface area contributed by atoms with Gasteiger partial charge in [0.15, 0.2) is 0 Å². The third-order valence-electron chi connectivity index (χ3n) is 3.91. The maximum absolute atomic E-state index is 12.0. The van der Waals surface area contributed by atoms with Gasteiger partial charge in [-0.05, 0) is 39.5 Å². The lowest BCUT2D eigenvalue weighted by Crippen LogP contribution is -2.29. The van der Waals surface area contributed by atoms with E-state index in [1.54, 1.807) is 4.90 Å². The van der Waals surface area contributed by atoms with Crippen molar-refractivity contribution in [2.45, 2.75) is 70.6 Å². The van der Waals surface area contributed by atoms with Gasteiger partial charge in [0.2, 0.25) is 0 Å². The Balaban J connectivity index is 1.94. The van der Waals surface area contributed by atoms with Crippen molar-refractivity contribution in [3.05, 3.63) is 0 Å². The summed E-state index contributed by atoms with van der Waals surface area (Å²) < 4.78 is 5.39. The molecule has 1 saturated heterocycles. The molecule has 0 radical (unpaired) electrons. The van der Waals surface area contributed by atoms with E-state index in [1.165, 1.54) is 32.1 Å². The van der Waals surface area contributed by atoms with Crippen molar-refractivity contribution >= 4 is 6.09 Å². The van der Waals surface area contributed by atoms with E-state index in [2.05, 4.69) is 0 Å². The molecule has 1 N–H and O–H groups in total. The van der Waals surface area contributed by atoms with Crippen LogP contribution >= 0.6 is 0 Å². The number of carbonyl (C=O) groups excluding carboxylic acids is 1. The molecule has 0 spiro atoms. The fraction of sp³-hybridized carbons (Fsp3) is 0.929. The predicted molar refractivity (Wildman–Crippen MR) is 69.3 cm³/mol. The van der Waals surface area contributed by atoms with Crippen molar-refractivity contribution in [1.29, 1.82) is 0 Å². The van der Waals surface area contributed by atoms with Gasteiger partial charge in [-0.25, -0.2) is 4.79 Å². The summed E-state index contributed by atoms with van der Waals surface area (Å²) in [5.74, 6) is 0.559. The van der Waals surface area contributed by atoms with E-state index >= 15 is 0 Å². The number of carbonyl (C=O) groups is 1. The molecule has 2 fully saturated rings. The second-order valence-corrected chi connectivity index (χ2v) is 6.53. The zero-order valence-electron chi connectivity index (χ0n) is 11.7. The molecular formula is C14H25NO3. The molecule has 0 aromatic rings. The van der Waals surface area contributed by atoms with Crippen LogP contribution in [-0.2, 0) is 4.74 Å². The van der Waals surface area contributed by atoms with Crippen LogP contribution in [0.4, 0.5) is 4.79 Å². The number of aliphatic hydroxyl groups is 1. The van der Waals surface area contributed by atoms with Gasteiger partial charge in [-0.15, -0.1) is 0 Å². The van der Waals surface area contributed by atoms with Crippen molar-refractivity contribution in [1.82, 2.24) is 4.90 Å². The first kappa shape index (κ1) is 13.7. The van der Waals surface area contributed by atoms with E-state index in [9.17, 15) is 9.90 Å². The number of rotatable bonds is 2. The Morgan fingerprint density at radius 2 is 1.89 bits per heavy atom. The van der Waals surface area contributed by atoms with E-state index in [-0.39, 0.29) is 24.8 Å². The van der Waals surface area contributed by atoms with Gasteiger partial charge in [-0.1, -0.05) is 19.3 Å². The van der Waals surface area contributed by atoms with Crippen LogP contribution in [0.25, 0.3) is 0 Å². The van der Waals surface area contributed by atoms with E-state index < -0.39 is 5.60 Å². The maximum atomic E-state index is 12.0. The highest BCUT2D eigenvalue weighted by atomic mass is 16.6. The third-order valence-corrected chi connectivity index (χ3v) is 3.91. The van der Waals surface area contributed by atoms with Gasteiger partial charge >= 0.3 is 6.09 Å². The smallest absolute Gasteiger partial charge is 0.411 e. The standard InChI is InChI=1S/C14H25NO3/c1-14(2,3)18-13(17)15-11(9-16)12(15)10-7-5-4-6-8-10/h10-12,16H,4-9H2,1-3H3/t11-,12+,15?/m0/s1. The molecule has 0 unspecified atom stereocenters. The molecule has 1 amide bonds. The van der Waals surface area contributed by atoms with Gasteiger partial charge < -0.3 is 9.84 Å². The summed E-state index contributed by atoms with van der Waals surface area (Å²) in [5, 5.41) is 9.38. The topological polar surface area (TPSA) is 49.5 Å². The summed E-state index contributed by atoms with van der Waals surface area (Å²) in [6.07, 6.45) is 5.90. The molecule has 4 nitrogen and oxygen atoms in total. The van der Waals surface area contributed by atoms with Crippen LogP contribution in [0.15, 0.2) is 0 Å². The Hall–Kier alpha value is -0.770. The van der Waals surface area contributed by atoms with Gasteiger partial charge in [0, 0.05) is 0 Å².